The van der Waals surface area contributed by atoms with Gasteiger partial charge in [0.15, 0.2) is 6.10 Å². The van der Waals surface area contributed by atoms with Crippen LogP contribution in [0.2, 0.25) is 0 Å². The zero-order chi connectivity index (χ0) is 13.2. The molecule has 0 aromatic rings. The van der Waals surface area contributed by atoms with E-state index in [0.29, 0.717) is 18.5 Å². The number of aliphatic hydroxyl groups excluding tert-OH is 1. The summed E-state index contributed by atoms with van der Waals surface area (Å²) in [6.45, 7) is 1.14. The number of alkyl halides is 3. The van der Waals surface area contributed by atoms with Crippen LogP contribution in [0.3, 0.4) is 0 Å². The number of hydrogen-bond donors (Lipinski definition) is 1. The van der Waals surface area contributed by atoms with Crippen molar-refractivity contribution in [2.24, 2.45) is 5.41 Å². The Kier molecular flexibility index (Phi) is 4.22. The SMILES string of the molecule is OC(CN1CCC2(CCCCC2)CC1)C(F)(F)F. The molecule has 2 aliphatic rings. The van der Waals surface area contributed by atoms with Gasteiger partial charge in [-0.25, -0.2) is 0 Å². The third-order valence-corrected chi connectivity index (χ3v) is 4.64. The predicted molar refractivity (Wildman–Crippen MR) is 63.3 cm³/mol. The maximum atomic E-state index is 12.3. The summed E-state index contributed by atoms with van der Waals surface area (Å²) in [5.41, 5.74) is 0.401. The van der Waals surface area contributed by atoms with Gasteiger partial charge in [-0.3, -0.25) is 0 Å². The summed E-state index contributed by atoms with van der Waals surface area (Å²) >= 11 is 0. The molecule has 1 aliphatic carbocycles. The second-order valence-corrected chi connectivity index (χ2v) is 5.92. The van der Waals surface area contributed by atoms with Crippen molar-refractivity contribution in [2.45, 2.75) is 57.2 Å². The normalized spacial score (nSPS) is 27.3. The third-order valence-electron chi connectivity index (χ3n) is 4.64. The van der Waals surface area contributed by atoms with E-state index in [1.807, 2.05) is 0 Å². The fraction of sp³-hybridized carbons (Fsp3) is 1.00. The van der Waals surface area contributed by atoms with Gasteiger partial charge in [0.05, 0.1) is 0 Å². The van der Waals surface area contributed by atoms with E-state index in [4.69, 9.17) is 5.11 Å². The quantitative estimate of drug-likeness (QED) is 0.829. The van der Waals surface area contributed by atoms with E-state index in [2.05, 4.69) is 0 Å². The summed E-state index contributed by atoms with van der Waals surface area (Å²) in [4.78, 5) is 1.76. The molecule has 0 aromatic carbocycles. The van der Waals surface area contributed by atoms with Gasteiger partial charge in [-0.1, -0.05) is 19.3 Å². The van der Waals surface area contributed by atoms with Crippen LogP contribution in [0.4, 0.5) is 13.2 Å². The number of aliphatic hydroxyl groups is 1. The van der Waals surface area contributed by atoms with Crippen LogP contribution in [0, 0.1) is 5.41 Å². The van der Waals surface area contributed by atoms with Crippen LogP contribution >= 0.6 is 0 Å². The Morgan fingerprint density at radius 3 is 2.06 bits per heavy atom. The highest BCUT2D eigenvalue weighted by Gasteiger charge is 2.41. The monoisotopic (exact) mass is 265 g/mol. The molecule has 2 rings (SSSR count). The second-order valence-electron chi connectivity index (χ2n) is 5.92. The van der Waals surface area contributed by atoms with Crippen molar-refractivity contribution in [3.8, 4) is 0 Å². The van der Waals surface area contributed by atoms with E-state index in [9.17, 15) is 13.2 Å². The van der Waals surface area contributed by atoms with Gasteiger partial charge in [0.2, 0.25) is 0 Å². The second kappa shape index (κ2) is 5.37. The number of likely N-dealkylation sites (tertiary alicyclic amines) is 1. The Bertz CT molecular complexity index is 264. The van der Waals surface area contributed by atoms with Gasteiger partial charge in [-0.2, -0.15) is 13.2 Å². The molecule has 2 fully saturated rings. The minimum Gasteiger partial charge on any atom is -0.382 e. The molecule has 2 nitrogen and oxygen atoms in total. The molecule has 0 bridgehead atoms. The first kappa shape index (κ1) is 14.1. The molecule has 18 heavy (non-hydrogen) atoms. The topological polar surface area (TPSA) is 23.5 Å². The molecule has 0 aromatic heterocycles. The van der Waals surface area contributed by atoms with Gasteiger partial charge in [-0.05, 0) is 44.2 Å². The Morgan fingerprint density at radius 2 is 1.56 bits per heavy atom. The summed E-state index contributed by atoms with van der Waals surface area (Å²) in [6, 6.07) is 0. The zero-order valence-electron chi connectivity index (χ0n) is 10.7. The van der Waals surface area contributed by atoms with Gasteiger partial charge in [-0.15, -0.1) is 0 Å². The van der Waals surface area contributed by atoms with Gasteiger partial charge >= 0.3 is 6.18 Å². The molecule has 1 saturated heterocycles. The van der Waals surface area contributed by atoms with E-state index in [-0.39, 0.29) is 6.54 Å². The molecular formula is C13H22F3NO. The summed E-state index contributed by atoms with van der Waals surface area (Å²) < 4.78 is 36.8. The average Bonchev–Trinajstić information content (AvgIpc) is 2.32. The Hall–Kier alpha value is -0.290. The van der Waals surface area contributed by atoms with E-state index in [0.717, 1.165) is 12.8 Å². The molecule has 0 amide bonds. The standard InChI is InChI=1S/C13H22F3NO/c14-13(15,16)11(18)10-17-8-6-12(7-9-17)4-2-1-3-5-12/h11,18H,1-10H2. The van der Waals surface area contributed by atoms with Crippen molar-refractivity contribution in [1.82, 2.24) is 4.90 Å². The lowest BCUT2D eigenvalue weighted by molar-refractivity contribution is -0.209. The van der Waals surface area contributed by atoms with Gasteiger partial charge in [0, 0.05) is 6.54 Å². The Labute approximate surface area is 106 Å². The Morgan fingerprint density at radius 1 is 1.00 bits per heavy atom. The summed E-state index contributed by atoms with van der Waals surface area (Å²) in [5, 5.41) is 9.07. The van der Waals surface area contributed by atoms with Crippen LogP contribution < -0.4 is 0 Å². The number of piperidine rings is 1. The smallest absolute Gasteiger partial charge is 0.382 e. The number of hydrogen-bond acceptors (Lipinski definition) is 2. The van der Waals surface area contributed by atoms with Crippen LogP contribution in [-0.4, -0.2) is 41.9 Å². The molecule has 1 saturated carbocycles. The molecule has 106 valence electrons. The molecule has 1 heterocycles. The highest BCUT2D eigenvalue weighted by molar-refractivity contribution is 4.89. The highest BCUT2D eigenvalue weighted by atomic mass is 19.4. The van der Waals surface area contributed by atoms with E-state index >= 15 is 0 Å². The number of rotatable bonds is 2. The summed E-state index contributed by atoms with van der Waals surface area (Å²) in [5.74, 6) is 0. The lowest BCUT2D eigenvalue weighted by Crippen LogP contribution is -2.47. The zero-order valence-corrected chi connectivity index (χ0v) is 10.7. The van der Waals surface area contributed by atoms with E-state index in [1.54, 1.807) is 4.90 Å². The lowest BCUT2D eigenvalue weighted by Gasteiger charge is -2.44. The Balaban J connectivity index is 1.79. The number of nitrogens with zero attached hydrogens (tertiary/aromatic N) is 1. The molecule has 5 heteroatoms. The van der Waals surface area contributed by atoms with Gasteiger partial charge in [0.25, 0.3) is 0 Å². The van der Waals surface area contributed by atoms with Gasteiger partial charge < -0.3 is 10.0 Å². The van der Waals surface area contributed by atoms with Crippen LogP contribution in [0.25, 0.3) is 0 Å². The first-order chi connectivity index (χ1) is 8.41. The lowest BCUT2D eigenvalue weighted by atomic mass is 9.68. The van der Waals surface area contributed by atoms with Crippen LogP contribution in [0.5, 0.6) is 0 Å². The van der Waals surface area contributed by atoms with Crippen molar-refractivity contribution in [2.75, 3.05) is 19.6 Å². The van der Waals surface area contributed by atoms with Crippen molar-refractivity contribution < 1.29 is 18.3 Å². The predicted octanol–water partition coefficient (Wildman–Crippen LogP) is 2.96. The molecule has 1 aliphatic heterocycles. The maximum absolute atomic E-state index is 12.3. The minimum atomic E-state index is -4.49. The van der Waals surface area contributed by atoms with Crippen molar-refractivity contribution in [3.05, 3.63) is 0 Å². The van der Waals surface area contributed by atoms with E-state index in [1.165, 1.54) is 32.1 Å². The fourth-order valence-corrected chi connectivity index (χ4v) is 3.36. The molecular weight excluding hydrogens is 243 g/mol. The first-order valence-corrected chi connectivity index (χ1v) is 6.88. The van der Waals surface area contributed by atoms with Crippen LogP contribution in [-0.2, 0) is 0 Å². The highest BCUT2D eigenvalue weighted by Crippen LogP contribution is 2.44. The summed E-state index contributed by atoms with van der Waals surface area (Å²) in [6.07, 6.45) is 1.63. The molecule has 1 unspecified atom stereocenters. The fourth-order valence-electron chi connectivity index (χ4n) is 3.36. The largest absolute Gasteiger partial charge is 0.415 e. The number of β-amino-alcohol motifs (C(OH)–C–C–N with tert-alkyl or cyclic N) is 1. The number of halogens is 3. The minimum absolute atomic E-state index is 0.264. The molecule has 0 radical (unpaired) electrons. The van der Waals surface area contributed by atoms with Crippen molar-refractivity contribution in [3.63, 3.8) is 0 Å². The van der Waals surface area contributed by atoms with Crippen molar-refractivity contribution in [1.29, 1.82) is 0 Å². The van der Waals surface area contributed by atoms with Crippen molar-refractivity contribution >= 4 is 0 Å². The molecule has 1 N–H and O–H groups in total. The average molecular weight is 265 g/mol. The van der Waals surface area contributed by atoms with Crippen LogP contribution in [0.15, 0.2) is 0 Å². The molecule has 1 spiro atoms. The van der Waals surface area contributed by atoms with Crippen LogP contribution in [0.1, 0.15) is 44.9 Å². The molecule has 1 atom stereocenters. The summed E-state index contributed by atoms with van der Waals surface area (Å²) in [7, 11) is 0. The first-order valence-electron chi connectivity index (χ1n) is 6.88. The third kappa shape index (κ3) is 3.38. The maximum Gasteiger partial charge on any atom is 0.415 e. The van der Waals surface area contributed by atoms with Gasteiger partial charge in [0.1, 0.15) is 0 Å². The van der Waals surface area contributed by atoms with E-state index < -0.39 is 12.3 Å².